The summed E-state index contributed by atoms with van der Waals surface area (Å²) in [5, 5.41) is 9.12. The third-order valence-corrected chi connectivity index (χ3v) is 2.97. The van der Waals surface area contributed by atoms with E-state index in [4.69, 9.17) is 14.6 Å². The number of rotatable bonds is 8. The summed E-state index contributed by atoms with van der Waals surface area (Å²) >= 11 is 0. The third kappa shape index (κ3) is 4.02. The van der Waals surface area contributed by atoms with Crippen LogP contribution in [0.4, 0.5) is 0 Å². The predicted octanol–water partition coefficient (Wildman–Crippen LogP) is 3.13. The van der Waals surface area contributed by atoms with Crippen LogP contribution in [0.25, 0.3) is 0 Å². The van der Waals surface area contributed by atoms with E-state index in [1.54, 1.807) is 13.0 Å². The molecule has 0 amide bonds. The number of hydrogen-bond acceptors (Lipinski definition) is 3. The zero-order chi connectivity index (χ0) is 14.3. The number of carbonyl (C=O) groups is 1. The molecule has 0 aromatic heterocycles. The predicted molar refractivity (Wildman–Crippen MR) is 73.7 cm³/mol. The number of carboxylic acid groups (broad SMARTS) is 1. The number of benzene rings is 1. The second kappa shape index (κ2) is 6.83. The lowest BCUT2D eigenvalue weighted by Gasteiger charge is -2.20. The van der Waals surface area contributed by atoms with Crippen LogP contribution in [-0.4, -0.2) is 24.3 Å². The van der Waals surface area contributed by atoms with Gasteiger partial charge in [-0.2, -0.15) is 0 Å². The fourth-order valence-corrected chi connectivity index (χ4v) is 1.51. The molecular weight excluding hydrogens is 244 g/mol. The minimum Gasteiger partial charge on any atom is -0.490 e. The summed E-state index contributed by atoms with van der Waals surface area (Å²) in [6, 6.07) is 7.34. The van der Waals surface area contributed by atoms with Crippen molar-refractivity contribution >= 4 is 5.97 Å². The molecule has 0 radical (unpaired) electrons. The van der Waals surface area contributed by atoms with E-state index < -0.39 is 11.4 Å². The van der Waals surface area contributed by atoms with Crippen molar-refractivity contribution in [3.63, 3.8) is 0 Å². The first-order valence-electron chi connectivity index (χ1n) is 6.25. The van der Waals surface area contributed by atoms with Crippen molar-refractivity contribution < 1.29 is 19.4 Å². The Balaban J connectivity index is 2.62. The first-order valence-corrected chi connectivity index (χ1v) is 6.25. The SMILES string of the molecule is C=CC(C)(CCOc1ccccc1OCC)C(=O)O. The molecule has 4 heteroatoms. The van der Waals surface area contributed by atoms with E-state index in [0.29, 0.717) is 31.1 Å². The Labute approximate surface area is 113 Å². The van der Waals surface area contributed by atoms with Crippen LogP contribution in [0.2, 0.25) is 0 Å². The Morgan fingerprint density at radius 3 is 2.42 bits per heavy atom. The Bertz CT molecular complexity index is 442. The number of aliphatic carboxylic acids is 1. The van der Waals surface area contributed by atoms with Crippen LogP contribution in [0.15, 0.2) is 36.9 Å². The van der Waals surface area contributed by atoms with Gasteiger partial charge in [-0.15, -0.1) is 6.58 Å². The molecule has 1 rings (SSSR count). The highest BCUT2D eigenvalue weighted by Crippen LogP contribution is 2.28. The van der Waals surface area contributed by atoms with Gasteiger partial charge in [0.2, 0.25) is 0 Å². The zero-order valence-electron chi connectivity index (χ0n) is 11.4. The highest BCUT2D eigenvalue weighted by molar-refractivity contribution is 5.76. The van der Waals surface area contributed by atoms with E-state index in [9.17, 15) is 4.79 Å². The van der Waals surface area contributed by atoms with E-state index in [1.807, 2.05) is 25.1 Å². The van der Waals surface area contributed by atoms with Crippen LogP contribution < -0.4 is 9.47 Å². The summed E-state index contributed by atoms with van der Waals surface area (Å²) in [5.74, 6) is 0.394. The highest BCUT2D eigenvalue weighted by Gasteiger charge is 2.29. The summed E-state index contributed by atoms with van der Waals surface area (Å²) in [6.07, 6.45) is 1.79. The van der Waals surface area contributed by atoms with Gasteiger partial charge in [-0.1, -0.05) is 18.2 Å². The molecule has 0 heterocycles. The summed E-state index contributed by atoms with van der Waals surface area (Å²) < 4.78 is 11.0. The lowest BCUT2D eigenvalue weighted by molar-refractivity contribution is -0.145. The van der Waals surface area contributed by atoms with Gasteiger partial charge in [0.25, 0.3) is 0 Å². The molecule has 1 unspecified atom stereocenters. The molecule has 1 atom stereocenters. The van der Waals surface area contributed by atoms with Crippen molar-refractivity contribution in [2.75, 3.05) is 13.2 Å². The van der Waals surface area contributed by atoms with E-state index in [2.05, 4.69) is 6.58 Å². The maximum Gasteiger partial charge on any atom is 0.313 e. The fourth-order valence-electron chi connectivity index (χ4n) is 1.51. The molecule has 4 nitrogen and oxygen atoms in total. The molecule has 1 aromatic carbocycles. The van der Waals surface area contributed by atoms with Crippen LogP contribution in [-0.2, 0) is 4.79 Å². The quantitative estimate of drug-likeness (QED) is 0.733. The van der Waals surface area contributed by atoms with Crippen molar-refractivity contribution in [1.29, 1.82) is 0 Å². The average Bonchev–Trinajstić information content (AvgIpc) is 2.40. The maximum absolute atomic E-state index is 11.1. The molecule has 0 spiro atoms. The Morgan fingerprint density at radius 1 is 1.37 bits per heavy atom. The summed E-state index contributed by atoms with van der Waals surface area (Å²) in [6.45, 7) is 7.94. The summed E-state index contributed by atoms with van der Waals surface area (Å²) in [7, 11) is 0. The Kier molecular flexibility index (Phi) is 5.42. The van der Waals surface area contributed by atoms with Crippen molar-refractivity contribution in [2.45, 2.75) is 20.3 Å². The molecule has 0 aliphatic rings. The highest BCUT2D eigenvalue weighted by atomic mass is 16.5. The van der Waals surface area contributed by atoms with Crippen molar-refractivity contribution in [3.05, 3.63) is 36.9 Å². The smallest absolute Gasteiger partial charge is 0.313 e. The summed E-state index contributed by atoms with van der Waals surface area (Å²) in [4.78, 5) is 11.1. The zero-order valence-corrected chi connectivity index (χ0v) is 11.4. The molecule has 1 aromatic rings. The lowest BCUT2D eigenvalue weighted by Crippen LogP contribution is -2.27. The average molecular weight is 264 g/mol. The number of para-hydroxylation sites is 2. The molecule has 1 N–H and O–H groups in total. The molecule has 104 valence electrons. The molecule has 0 aliphatic carbocycles. The topological polar surface area (TPSA) is 55.8 Å². The van der Waals surface area contributed by atoms with Gasteiger partial charge >= 0.3 is 5.97 Å². The molecular formula is C15H20O4. The van der Waals surface area contributed by atoms with E-state index in [1.165, 1.54) is 6.08 Å². The van der Waals surface area contributed by atoms with Gasteiger partial charge in [0.15, 0.2) is 11.5 Å². The first-order chi connectivity index (χ1) is 9.03. The second-order valence-corrected chi connectivity index (χ2v) is 4.40. The van der Waals surface area contributed by atoms with E-state index in [-0.39, 0.29) is 0 Å². The summed E-state index contributed by atoms with van der Waals surface area (Å²) in [5.41, 5.74) is -0.972. The molecule has 0 saturated carbocycles. The third-order valence-electron chi connectivity index (χ3n) is 2.97. The standard InChI is InChI=1S/C15H20O4/c1-4-15(3,14(16)17)10-11-19-13-9-7-6-8-12(13)18-5-2/h4,6-9H,1,5,10-11H2,2-3H3,(H,16,17). The first kappa shape index (κ1) is 15.1. The number of ether oxygens (including phenoxy) is 2. The van der Waals surface area contributed by atoms with Gasteiger partial charge in [-0.05, 0) is 26.0 Å². The molecule has 0 bridgehead atoms. The Morgan fingerprint density at radius 2 is 1.95 bits per heavy atom. The van der Waals surface area contributed by atoms with Crippen LogP contribution in [0.5, 0.6) is 11.5 Å². The minimum atomic E-state index is -0.972. The van der Waals surface area contributed by atoms with Crippen LogP contribution in [0.3, 0.4) is 0 Å². The largest absolute Gasteiger partial charge is 0.490 e. The van der Waals surface area contributed by atoms with Gasteiger partial charge in [0.1, 0.15) is 0 Å². The maximum atomic E-state index is 11.1. The van der Waals surface area contributed by atoms with E-state index in [0.717, 1.165) is 0 Å². The van der Waals surface area contributed by atoms with E-state index >= 15 is 0 Å². The molecule has 0 fully saturated rings. The van der Waals surface area contributed by atoms with Crippen molar-refractivity contribution in [3.8, 4) is 11.5 Å². The van der Waals surface area contributed by atoms with Crippen LogP contribution in [0.1, 0.15) is 20.3 Å². The Hall–Kier alpha value is -1.97. The minimum absolute atomic E-state index is 0.291. The van der Waals surface area contributed by atoms with Crippen molar-refractivity contribution in [1.82, 2.24) is 0 Å². The monoisotopic (exact) mass is 264 g/mol. The van der Waals surface area contributed by atoms with Gasteiger partial charge in [-0.25, -0.2) is 0 Å². The number of hydrogen-bond donors (Lipinski definition) is 1. The normalized spacial score (nSPS) is 13.4. The van der Waals surface area contributed by atoms with Gasteiger partial charge in [-0.3, -0.25) is 4.79 Å². The number of carboxylic acids is 1. The van der Waals surface area contributed by atoms with Gasteiger partial charge < -0.3 is 14.6 Å². The molecule has 0 aliphatic heterocycles. The lowest BCUT2D eigenvalue weighted by atomic mass is 9.88. The molecule has 19 heavy (non-hydrogen) atoms. The fraction of sp³-hybridized carbons (Fsp3) is 0.400. The van der Waals surface area contributed by atoms with Crippen LogP contribution in [0, 0.1) is 5.41 Å². The molecule has 0 saturated heterocycles. The van der Waals surface area contributed by atoms with Gasteiger partial charge in [0, 0.05) is 6.42 Å². The van der Waals surface area contributed by atoms with Crippen molar-refractivity contribution in [2.24, 2.45) is 5.41 Å². The van der Waals surface area contributed by atoms with Gasteiger partial charge in [0.05, 0.1) is 18.6 Å². The van der Waals surface area contributed by atoms with Crippen LogP contribution >= 0.6 is 0 Å². The second-order valence-electron chi connectivity index (χ2n) is 4.40.